The van der Waals surface area contributed by atoms with Gasteiger partial charge in [0.15, 0.2) is 6.29 Å². The van der Waals surface area contributed by atoms with Crippen LogP contribution in [0.3, 0.4) is 0 Å². The number of hydrogen-bond acceptors (Lipinski definition) is 16. The van der Waals surface area contributed by atoms with Crippen LogP contribution in [0.15, 0.2) is 198 Å². The van der Waals surface area contributed by atoms with Crippen molar-refractivity contribution in [1.82, 2.24) is 44.1 Å². The zero-order valence-corrected chi connectivity index (χ0v) is 48.0. The molecule has 0 aliphatic rings. The summed E-state index contributed by atoms with van der Waals surface area (Å²) in [4.78, 5) is 66.5. The minimum Gasteiger partial charge on any atom is -0.466 e. The van der Waals surface area contributed by atoms with Crippen LogP contribution in [0.25, 0.3) is 54.5 Å². The van der Waals surface area contributed by atoms with Gasteiger partial charge in [-0.3, -0.25) is 23.6 Å². The predicted octanol–water partition coefficient (Wildman–Crippen LogP) is 11.5. The van der Waals surface area contributed by atoms with E-state index in [0.29, 0.717) is 61.8 Å². The molecule has 9 rings (SSSR count). The third-order valence-electron chi connectivity index (χ3n) is 11.2. The second-order valence-corrected chi connectivity index (χ2v) is 17.6. The summed E-state index contributed by atoms with van der Waals surface area (Å²) in [6, 6.07) is 41.6. The number of carbonyl (C=O) groups is 5. The van der Waals surface area contributed by atoms with Gasteiger partial charge in [0, 0.05) is 49.8 Å². The summed E-state index contributed by atoms with van der Waals surface area (Å²) in [5, 5.41) is 27.5. The molecule has 0 radical (unpaired) electrons. The van der Waals surface area contributed by atoms with Crippen molar-refractivity contribution in [3.63, 3.8) is 0 Å². The zero-order valence-electron chi connectivity index (χ0n) is 48.0. The molecule has 87 heavy (non-hydrogen) atoms. The van der Waals surface area contributed by atoms with E-state index >= 15 is 0 Å². The molecule has 0 atom stereocenters. The van der Waals surface area contributed by atoms with E-state index < -0.39 is 17.9 Å². The van der Waals surface area contributed by atoms with E-state index in [4.69, 9.17) is 30.8 Å². The Bertz CT molecular complexity index is 3690. The third-order valence-corrected chi connectivity index (χ3v) is 11.2. The Kier molecular flexibility index (Phi) is 28.3. The lowest BCUT2D eigenvalue weighted by Gasteiger charge is -2.02. The van der Waals surface area contributed by atoms with Gasteiger partial charge in [0.2, 0.25) is 0 Å². The van der Waals surface area contributed by atoms with Gasteiger partial charge in [0.1, 0.15) is 29.3 Å². The summed E-state index contributed by atoms with van der Waals surface area (Å²) < 4.78 is 26.2. The van der Waals surface area contributed by atoms with E-state index in [-0.39, 0.29) is 37.1 Å². The number of benzene rings is 4. The van der Waals surface area contributed by atoms with Crippen LogP contribution in [0.5, 0.6) is 0 Å². The van der Waals surface area contributed by atoms with Gasteiger partial charge in [-0.25, -0.2) is 19.1 Å². The average molecular weight is 1180 g/mol. The smallest absolute Gasteiger partial charge is 0.354 e. The minimum absolute atomic E-state index is 0.0939. The van der Waals surface area contributed by atoms with E-state index in [0.717, 1.165) is 34.0 Å². The normalized spacial score (nSPS) is 10.4. The molecule has 27 nitrogen and oxygen atoms in total. The van der Waals surface area contributed by atoms with Gasteiger partial charge < -0.3 is 23.9 Å². The first-order valence-electron chi connectivity index (χ1n) is 26.9. The first-order chi connectivity index (χ1) is 42.4. The van der Waals surface area contributed by atoms with Crippen molar-refractivity contribution in [2.24, 2.45) is 15.3 Å². The quantitative estimate of drug-likeness (QED) is 0.0126. The van der Waals surface area contributed by atoms with Crippen LogP contribution in [0.4, 0.5) is 0 Å². The number of fused-ring (bicyclic) bond motifs is 1. The van der Waals surface area contributed by atoms with Gasteiger partial charge in [-0.15, -0.1) is 0 Å². The van der Waals surface area contributed by atoms with E-state index in [9.17, 15) is 24.0 Å². The number of aromatic amines is 1. The van der Waals surface area contributed by atoms with Crippen LogP contribution in [0.1, 0.15) is 81.9 Å². The Morgan fingerprint density at radius 3 is 1.30 bits per heavy atom. The number of rotatable bonds is 22. The molecule has 5 aromatic heterocycles. The molecule has 0 spiro atoms. The molecule has 0 aliphatic carbocycles. The summed E-state index contributed by atoms with van der Waals surface area (Å²) in [5.41, 5.74) is 32.4. The van der Waals surface area contributed by atoms with Gasteiger partial charge in [-0.2, -0.15) is 20.4 Å². The van der Waals surface area contributed by atoms with E-state index in [2.05, 4.69) is 60.2 Å². The Morgan fingerprint density at radius 2 is 0.920 bits per heavy atom. The fourth-order valence-corrected chi connectivity index (χ4v) is 7.45. The van der Waals surface area contributed by atoms with Crippen molar-refractivity contribution >= 4 is 53.3 Å². The Hall–Kier alpha value is -11.8. The highest BCUT2D eigenvalue weighted by Gasteiger charge is 2.15. The molecule has 0 saturated heterocycles. The molecule has 5 heterocycles. The highest BCUT2D eigenvalue weighted by atomic mass is 16.5. The second kappa shape index (κ2) is 37.3. The monoisotopic (exact) mass is 1180 g/mol. The molecular formula is C60H62N18O9. The van der Waals surface area contributed by atoms with Crippen LogP contribution in [-0.2, 0) is 59.5 Å². The number of carbonyl (C=O) groups excluding carboxylic acids is 5. The molecule has 446 valence electrons. The van der Waals surface area contributed by atoms with Crippen molar-refractivity contribution in [3.05, 3.63) is 258 Å². The highest BCUT2D eigenvalue weighted by Crippen LogP contribution is 2.18. The molecule has 0 fully saturated rings. The molecule has 0 bridgehead atoms. The van der Waals surface area contributed by atoms with Crippen LogP contribution in [-0.4, -0.2) is 107 Å². The number of ether oxygens (including phenoxy) is 4. The Balaban J connectivity index is 0.000000204. The predicted molar refractivity (Wildman–Crippen MR) is 322 cm³/mol. The summed E-state index contributed by atoms with van der Waals surface area (Å²) in [5.74, 6) is -2.14. The number of aromatic nitrogens is 9. The van der Waals surface area contributed by atoms with Crippen LogP contribution in [0.2, 0.25) is 0 Å². The number of nitrogens with one attached hydrogen (secondary N) is 1. The maximum absolute atomic E-state index is 11.7. The Labute approximate surface area is 498 Å². The molecule has 0 amide bonds. The maximum atomic E-state index is 11.7. The maximum Gasteiger partial charge on any atom is 0.354 e. The lowest BCUT2D eigenvalue weighted by atomic mass is 10.2. The summed E-state index contributed by atoms with van der Waals surface area (Å²) in [6.45, 7) is 10.3. The molecule has 0 aliphatic heterocycles. The number of H-pyrrole nitrogens is 1. The molecular weight excluding hydrogens is 1120 g/mol. The Morgan fingerprint density at radius 1 is 0.517 bits per heavy atom. The molecule has 0 unspecified atom stereocenters. The highest BCUT2D eigenvalue weighted by molar-refractivity contribution is 5.94. The number of esters is 4. The van der Waals surface area contributed by atoms with Gasteiger partial charge in [-0.1, -0.05) is 137 Å². The largest absolute Gasteiger partial charge is 0.466 e. The second-order valence-electron chi connectivity index (χ2n) is 17.6. The first-order valence-corrected chi connectivity index (χ1v) is 26.9. The summed E-state index contributed by atoms with van der Waals surface area (Å²) in [7, 11) is 0. The molecule has 1 N–H and O–H groups in total. The van der Waals surface area contributed by atoms with Gasteiger partial charge in [-0.05, 0) is 84.8 Å². The van der Waals surface area contributed by atoms with E-state index in [1.54, 1.807) is 91.2 Å². The van der Waals surface area contributed by atoms with E-state index in [1.165, 1.54) is 17.7 Å². The third kappa shape index (κ3) is 23.5. The number of aldehydes is 1. The van der Waals surface area contributed by atoms with Crippen molar-refractivity contribution < 1.29 is 42.9 Å². The fraction of sp³-hybridized carbons (Fsp3) is 0.217. The number of hydrogen-bond donors (Lipinski definition) is 1. The standard InChI is InChI=1S/2C15H15N5O2.C15H15N3O2.C11H10N2O.C4H7N3O2/c2*1-2-22-15(21)14(18-19-16)8-13-9-17-20(11-13)10-12-6-4-3-5-7-12;1-2-20-15(19)13-8-12-9-16-18(14(12)17-13)10-11-6-4-3-5-7-11;14-9-11-6-12-13(8-11)7-10-4-2-1-3-5-10;1-2-9-4(8)3-6-7-5/h2*3-9,11H,2,10H2,1H3;3-9,17H,2,10H2,1H3;1-6,8-9H,7H2;2-3H2,1H3/b2*14-8-;;;. The topological polar surface area (TPSA) is 356 Å². The number of azide groups is 3. The molecule has 4 aromatic carbocycles. The lowest BCUT2D eigenvalue weighted by molar-refractivity contribution is -0.141. The van der Waals surface area contributed by atoms with Gasteiger partial charge in [0.25, 0.3) is 0 Å². The van der Waals surface area contributed by atoms with Crippen molar-refractivity contribution in [1.29, 1.82) is 0 Å². The fourth-order valence-electron chi connectivity index (χ4n) is 7.45. The van der Waals surface area contributed by atoms with Crippen molar-refractivity contribution in [2.45, 2.75) is 53.9 Å². The van der Waals surface area contributed by atoms with E-state index in [1.807, 2.05) is 126 Å². The van der Waals surface area contributed by atoms with Gasteiger partial charge >= 0.3 is 23.9 Å². The SMILES string of the molecule is CCOC(=O)/C(=C/c1cnn(Cc2ccccc2)c1)N=[N+]=[N-].CCOC(=O)/C(=C/c1cnn(Cc2ccccc2)c1)N=[N+]=[N-].CCOC(=O)CN=[N+]=[N-].CCOC(=O)c1cc2cnn(Cc3ccccc3)c2[nH]1.O=Cc1cnn(Cc2ccccc2)c1. The lowest BCUT2D eigenvalue weighted by Crippen LogP contribution is -2.06. The van der Waals surface area contributed by atoms with Crippen LogP contribution in [0, 0.1) is 0 Å². The van der Waals surface area contributed by atoms with Gasteiger partial charge in [0.05, 0.1) is 83.0 Å². The zero-order chi connectivity index (χ0) is 62.4. The van der Waals surface area contributed by atoms with Crippen LogP contribution < -0.4 is 0 Å². The summed E-state index contributed by atoms with van der Waals surface area (Å²) >= 11 is 0. The van der Waals surface area contributed by atoms with Crippen molar-refractivity contribution in [2.75, 3.05) is 33.0 Å². The first kappa shape index (κ1) is 66.0. The minimum atomic E-state index is -0.656. The molecule has 27 heteroatoms. The summed E-state index contributed by atoms with van der Waals surface area (Å²) in [6.07, 6.45) is 15.5. The van der Waals surface area contributed by atoms with Crippen LogP contribution >= 0.6 is 0 Å². The van der Waals surface area contributed by atoms with Crippen molar-refractivity contribution in [3.8, 4) is 0 Å². The number of nitrogens with zero attached hydrogens (tertiary/aromatic N) is 17. The molecule has 9 aromatic rings. The molecule has 0 saturated carbocycles. The average Bonchev–Trinajstić information content (AvgIpc) is 2.73.